The summed E-state index contributed by atoms with van der Waals surface area (Å²) in [6.07, 6.45) is -4.80. The number of benzene rings is 1. The van der Waals surface area contributed by atoms with Gasteiger partial charge in [0.2, 0.25) is 5.91 Å². The summed E-state index contributed by atoms with van der Waals surface area (Å²) in [4.78, 5) is 13.3. The van der Waals surface area contributed by atoms with Crippen molar-refractivity contribution in [3.8, 4) is 17.0 Å². The Morgan fingerprint density at radius 2 is 1.96 bits per heavy atom. The van der Waals surface area contributed by atoms with E-state index in [9.17, 15) is 28.2 Å². The molecule has 1 aliphatic heterocycles. The first kappa shape index (κ1) is 18.1. The molecule has 1 amide bonds. The third-order valence-corrected chi connectivity index (χ3v) is 4.22. The number of carbonyl (C=O) groups excluding carboxylic acids is 1. The van der Waals surface area contributed by atoms with Gasteiger partial charge in [-0.05, 0) is 43.2 Å². The summed E-state index contributed by atoms with van der Waals surface area (Å²) in [5, 5.41) is 27.4. The fourth-order valence-electron chi connectivity index (χ4n) is 2.93. The number of amides is 1. The van der Waals surface area contributed by atoms with Gasteiger partial charge in [0.15, 0.2) is 5.82 Å². The molecule has 0 radical (unpaired) electrons. The fourth-order valence-corrected chi connectivity index (χ4v) is 2.93. The number of halogens is 3. The van der Waals surface area contributed by atoms with Crippen molar-refractivity contribution < 1.29 is 28.2 Å². The van der Waals surface area contributed by atoms with E-state index < -0.39 is 23.6 Å². The summed E-state index contributed by atoms with van der Waals surface area (Å²) >= 11 is 0. The molecule has 1 saturated heterocycles. The summed E-state index contributed by atoms with van der Waals surface area (Å²) in [6.45, 7) is 1.74. The van der Waals surface area contributed by atoms with E-state index in [0.29, 0.717) is 19.0 Å². The van der Waals surface area contributed by atoms with Gasteiger partial charge in [-0.15, -0.1) is 10.2 Å². The summed E-state index contributed by atoms with van der Waals surface area (Å²) in [7, 11) is 0. The SMILES string of the molecule is Cc1cc(C(F)(F)F)cc(O)c1-c1ccc(N2CC[C@H](O)CC2=O)nn1. The number of aromatic hydroxyl groups is 1. The van der Waals surface area contributed by atoms with Crippen molar-refractivity contribution in [2.45, 2.75) is 32.0 Å². The minimum atomic E-state index is -4.56. The van der Waals surface area contributed by atoms with Crippen LogP contribution in [0.1, 0.15) is 24.0 Å². The molecule has 1 fully saturated rings. The number of aliphatic hydroxyl groups is 1. The van der Waals surface area contributed by atoms with E-state index in [-0.39, 0.29) is 35.0 Å². The molecule has 1 aliphatic rings. The zero-order valence-corrected chi connectivity index (χ0v) is 13.8. The van der Waals surface area contributed by atoms with Gasteiger partial charge in [0.25, 0.3) is 0 Å². The van der Waals surface area contributed by atoms with Crippen LogP contribution in [0, 0.1) is 6.92 Å². The molecule has 1 aromatic carbocycles. The summed E-state index contributed by atoms with van der Waals surface area (Å²) in [5.41, 5.74) is -0.394. The van der Waals surface area contributed by atoms with Crippen LogP contribution >= 0.6 is 0 Å². The number of nitrogens with zero attached hydrogens (tertiary/aromatic N) is 3. The Balaban J connectivity index is 1.91. The van der Waals surface area contributed by atoms with Crippen LogP contribution in [0.25, 0.3) is 11.3 Å². The van der Waals surface area contributed by atoms with Gasteiger partial charge in [-0.3, -0.25) is 9.69 Å². The monoisotopic (exact) mass is 367 g/mol. The molecule has 1 aromatic heterocycles. The summed E-state index contributed by atoms with van der Waals surface area (Å²) < 4.78 is 38.4. The van der Waals surface area contributed by atoms with Gasteiger partial charge >= 0.3 is 6.18 Å². The van der Waals surface area contributed by atoms with Crippen LogP contribution in [-0.2, 0) is 11.0 Å². The Morgan fingerprint density at radius 3 is 2.50 bits per heavy atom. The highest BCUT2D eigenvalue weighted by molar-refractivity contribution is 5.93. The maximum atomic E-state index is 12.8. The Hall–Kier alpha value is -2.68. The molecule has 0 unspecified atom stereocenters. The van der Waals surface area contributed by atoms with E-state index in [0.717, 1.165) is 6.07 Å². The number of carbonyl (C=O) groups is 1. The first-order chi connectivity index (χ1) is 12.2. The van der Waals surface area contributed by atoms with Crippen LogP contribution in [0.5, 0.6) is 5.75 Å². The van der Waals surface area contributed by atoms with E-state index >= 15 is 0 Å². The highest BCUT2D eigenvalue weighted by Gasteiger charge is 2.32. The van der Waals surface area contributed by atoms with Crippen molar-refractivity contribution in [2.75, 3.05) is 11.4 Å². The number of rotatable bonds is 2. The lowest BCUT2D eigenvalue weighted by atomic mass is 10.0. The molecule has 3 rings (SSSR count). The Bertz CT molecular complexity index is 814. The smallest absolute Gasteiger partial charge is 0.416 e. The van der Waals surface area contributed by atoms with Crippen LogP contribution in [0.3, 0.4) is 0 Å². The number of anilines is 1. The summed E-state index contributed by atoms with van der Waals surface area (Å²) in [5.74, 6) is -0.536. The van der Waals surface area contributed by atoms with Crippen molar-refractivity contribution in [1.29, 1.82) is 0 Å². The predicted molar refractivity (Wildman–Crippen MR) is 86.5 cm³/mol. The maximum absolute atomic E-state index is 12.8. The topological polar surface area (TPSA) is 86.5 Å². The lowest BCUT2D eigenvalue weighted by Gasteiger charge is -2.28. The Kier molecular flexibility index (Phi) is 4.57. The molecule has 0 spiro atoms. The summed E-state index contributed by atoms with van der Waals surface area (Å²) in [6, 6.07) is 4.57. The third-order valence-electron chi connectivity index (χ3n) is 4.22. The fraction of sp³-hybridized carbons (Fsp3) is 0.353. The van der Waals surface area contributed by atoms with Gasteiger partial charge in [-0.1, -0.05) is 0 Å². The molecule has 26 heavy (non-hydrogen) atoms. The van der Waals surface area contributed by atoms with Crippen LogP contribution < -0.4 is 4.90 Å². The largest absolute Gasteiger partial charge is 0.507 e. The molecule has 6 nitrogen and oxygen atoms in total. The van der Waals surface area contributed by atoms with Gasteiger partial charge in [-0.25, -0.2) is 0 Å². The van der Waals surface area contributed by atoms with Crippen molar-refractivity contribution in [3.63, 3.8) is 0 Å². The predicted octanol–water partition coefficient (Wildman–Crippen LogP) is 2.66. The first-order valence-electron chi connectivity index (χ1n) is 7.90. The van der Waals surface area contributed by atoms with Crippen LogP contribution in [-0.4, -0.2) is 39.0 Å². The van der Waals surface area contributed by atoms with Gasteiger partial charge in [-0.2, -0.15) is 13.2 Å². The molecule has 2 aromatic rings. The first-order valence-corrected chi connectivity index (χ1v) is 7.90. The number of hydrogen-bond acceptors (Lipinski definition) is 5. The molecule has 2 N–H and O–H groups in total. The second-order valence-corrected chi connectivity index (χ2v) is 6.15. The zero-order valence-electron chi connectivity index (χ0n) is 13.8. The van der Waals surface area contributed by atoms with E-state index in [1.165, 1.54) is 24.0 Å². The van der Waals surface area contributed by atoms with E-state index in [1.807, 2.05) is 0 Å². The number of phenols is 1. The number of phenolic OH excluding ortho intramolecular Hbond substituents is 1. The minimum Gasteiger partial charge on any atom is -0.507 e. The van der Waals surface area contributed by atoms with Gasteiger partial charge in [0.05, 0.1) is 23.8 Å². The standard InChI is InChI=1S/C17H16F3N3O3/c1-9-6-10(17(18,19)20)7-13(25)16(9)12-2-3-14(22-21-12)23-5-4-11(24)8-15(23)26/h2-3,6-7,11,24-25H,4-5,8H2,1H3/t11-/m0/s1. The molecule has 0 saturated carbocycles. The Labute approximate surface area is 146 Å². The van der Waals surface area contributed by atoms with Gasteiger partial charge in [0.1, 0.15) is 5.75 Å². The van der Waals surface area contributed by atoms with Crippen molar-refractivity contribution in [2.24, 2.45) is 0 Å². The molecule has 1 atom stereocenters. The van der Waals surface area contributed by atoms with E-state index in [2.05, 4.69) is 10.2 Å². The number of aromatic nitrogens is 2. The van der Waals surface area contributed by atoms with Crippen molar-refractivity contribution in [3.05, 3.63) is 35.4 Å². The third kappa shape index (κ3) is 3.48. The highest BCUT2D eigenvalue weighted by atomic mass is 19.4. The average Bonchev–Trinajstić information content (AvgIpc) is 2.54. The second kappa shape index (κ2) is 6.56. The van der Waals surface area contributed by atoms with Crippen molar-refractivity contribution >= 4 is 11.7 Å². The quantitative estimate of drug-likeness (QED) is 0.852. The molecule has 9 heteroatoms. The van der Waals surface area contributed by atoms with Crippen LogP contribution in [0.2, 0.25) is 0 Å². The molecule has 0 aliphatic carbocycles. The maximum Gasteiger partial charge on any atom is 0.416 e. The number of alkyl halides is 3. The van der Waals surface area contributed by atoms with Crippen LogP contribution in [0.15, 0.2) is 24.3 Å². The van der Waals surface area contributed by atoms with Gasteiger partial charge < -0.3 is 10.2 Å². The molecule has 138 valence electrons. The average molecular weight is 367 g/mol. The number of aryl methyl sites for hydroxylation is 1. The number of piperidine rings is 1. The second-order valence-electron chi connectivity index (χ2n) is 6.15. The molecule has 0 bridgehead atoms. The molecular weight excluding hydrogens is 351 g/mol. The molecule has 2 heterocycles. The lowest BCUT2D eigenvalue weighted by molar-refractivity contribution is -0.137. The van der Waals surface area contributed by atoms with Gasteiger partial charge in [0, 0.05) is 12.1 Å². The van der Waals surface area contributed by atoms with Crippen LogP contribution in [0.4, 0.5) is 19.0 Å². The normalized spacial score (nSPS) is 18.3. The highest BCUT2D eigenvalue weighted by Crippen LogP contribution is 2.38. The zero-order chi connectivity index (χ0) is 19.1. The number of hydrogen-bond donors (Lipinski definition) is 2. The Morgan fingerprint density at radius 1 is 1.23 bits per heavy atom. The van der Waals surface area contributed by atoms with E-state index in [1.54, 1.807) is 0 Å². The lowest BCUT2D eigenvalue weighted by Crippen LogP contribution is -2.41. The minimum absolute atomic E-state index is 0.00221. The van der Waals surface area contributed by atoms with E-state index in [4.69, 9.17) is 0 Å². The van der Waals surface area contributed by atoms with Crippen molar-refractivity contribution in [1.82, 2.24) is 10.2 Å². The number of aliphatic hydroxyl groups excluding tert-OH is 1. The molecular formula is C17H16F3N3O3.